The number of carbonyl (C=O) groups excluding carboxylic acids is 1. The summed E-state index contributed by atoms with van der Waals surface area (Å²) in [5.41, 5.74) is 2.62. The number of aromatic nitrogens is 1. The molecule has 0 spiro atoms. The second-order valence-electron chi connectivity index (χ2n) is 8.64. The van der Waals surface area contributed by atoms with Gasteiger partial charge in [0, 0.05) is 12.1 Å². The van der Waals surface area contributed by atoms with Gasteiger partial charge < -0.3 is 20.4 Å². The number of pyridine rings is 1. The zero-order chi connectivity index (χ0) is 29.1. The Morgan fingerprint density at radius 3 is 2.28 bits per heavy atom. The molecule has 1 amide bonds. The van der Waals surface area contributed by atoms with E-state index in [1.54, 1.807) is 19.9 Å². The number of rotatable bonds is 7. The molecule has 2 heterocycles. The number of amides is 1. The first-order valence-electron chi connectivity index (χ1n) is 11.8. The van der Waals surface area contributed by atoms with E-state index in [1.165, 1.54) is 18.1 Å². The monoisotopic (exact) mass is 563 g/mol. The Hall–Kier alpha value is -3.75. The van der Waals surface area contributed by atoms with E-state index in [9.17, 15) is 36.3 Å². The number of ether oxygens (including phenoxy) is 2. The third-order valence-electron chi connectivity index (χ3n) is 6.21. The van der Waals surface area contributed by atoms with Gasteiger partial charge >= 0.3 is 18.4 Å². The summed E-state index contributed by atoms with van der Waals surface area (Å²) in [7, 11) is 1.35. The molecule has 1 unspecified atom stereocenters. The van der Waals surface area contributed by atoms with Crippen molar-refractivity contribution in [1.29, 1.82) is 0 Å². The number of anilines is 1. The molecule has 0 fully saturated rings. The van der Waals surface area contributed by atoms with Crippen molar-refractivity contribution in [3.63, 3.8) is 0 Å². The number of hydrogen-bond donors (Lipinski definition) is 3. The minimum absolute atomic E-state index is 0.0144. The lowest BCUT2D eigenvalue weighted by molar-refractivity contribution is -0.143. The predicted octanol–water partition coefficient (Wildman–Crippen LogP) is 5.39. The first kappa shape index (κ1) is 29.8. The van der Waals surface area contributed by atoms with Crippen LogP contribution in [0.5, 0.6) is 5.88 Å². The number of oxime groups is 1. The molecule has 39 heavy (non-hydrogen) atoms. The van der Waals surface area contributed by atoms with E-state index in [0.29, 0.717) is 24.2 Å². The molecule has 0 radical (unpaired) electrons. The van der Waals surface area contributed by atoms with Gasteiger partial charge in [0.15, 0.2) is 5.84 Å². The number of nitrogens with two attached hydrogens (primary N) is 1. The van der Waals surface area contributed by atoms with Crippen LogP contribution in [0.4, 0.5) is 36.8 Å². The number of carbonyl (C=O) groups is 1. The maximum Gasteiger partial charge on any atom is 0.416 e. The largest absolute Gasteiger partial charge is 0.481 e. The molecule has 9 nitrogen and oxygen atoms in total. The van der Waals surface area contributed by atoms with Crippen molar-refractivity contribution in [3.05, 3.63) is 52.7 Å². The Morgan fingerprint density at radius 2 is 1.79 bits per heavy atom. The fraction of sp³-hybridized carbons (Fsp3) is 0.458. The van der Waals surface area contributed by atoms with Gasteiger partial charge in [0.2, 0.25) is 5.88 Å². The summed E-state index contributed by atoms with van der Waals surface area (Å²) in [6.07, 6.45) is -10.3. The van der Waals surface area contributed by atoms with Gasteiger partial charge in [-0.1, -0.05) is 12.1 Å². The Balaban J connectivity index is 2.17. The van der Waals surface area contributed by atoms with Gasteiger partial charge in [-0.05, 0) is 49.6 Å². The average Bonchev–Trinajstić information content (AvgIpc) is 2.89. The summed E-state index contributed by atoms with van der Waals surface area (Å²) in [6, 6.07) is 1.04. The van der Waals surface area contributed by atoms with Crippen LogP contribution in [0.15, 0.2) is 35.5 Å². The highest BCUT2D eigenvalue weighted by Gasteiger charge is 2.41. The predicted molar refractivity (Wildman–Crippen MR) is 127 cm³/mol. The zero-order valence-electron chi connectivity index (χ0n) is 21.1. The Bertz CT molecular complexity index is 1190. The van der Waals surface area contributed by atoms with Crippen LogP contribution in [0.25, 0.3) is 0 Å². The van der Waals surface area contributed by atoms with E-state index < -0.39 is 59.1 Å². The molecule has 0 bridgehead atoms. The van der Waals surface area contributed by atoms with Crippen molar-refractivity contribution in [1.82, 2.24) is 10.3 Å². The number of hydrogen-bond acceptors (Lipinski definition) is 7. The topological polar surface area (TPSA) is 122 Å². The van der Waals surface area contributed by atoms with Crippen molar-refractivity contribution in [2.45, 2.75) is 57.2 Å². The van der Waals surface area contributed by atoms with Gasteiger partial charge in [-0.3, -0.25) is 10.2 Å². The van der Waals surface area contributed by atoms with Gasteiger partial charge in [0.25, 0.3) is 0 Å². The standard InChI is InChI=1S/C24H27F6N5O4/c1-4-15-11-16(20-17(6-7-18(33-20)38-3)35(15)22(36)39-5-2)32-19(21(31)34-37)12-8-13(23(25,26)27)10-14(9-12)24(28,29)30/h6-10,15-16,19,32,37H,4-5,11H2,1-3H3,(H2,31,34)/t15-,16+,19?/m1/s1. The van der Waals surface area contributed by atoms with Crippen LogP contribution in [-0.2, 0) is 17.1 Å². The molecule has 3 rings (SSSR count). The van der Waals surface area contributed by atoms with Gasteiger partial charge in [0.1, 0.15) is 0 Å². The van der Waals surface area contributed by atoms with Crippen molar-refractivity contribution < 1.29 is 45.8 Å². The van der Waals surface area contributed by atoms with E-state index in [4.69, 9.17) is 15.2 Å². The molecule has 1 aromatic carbocycles. The molecule has 0 aliphatic carbocycles. The number of nitrogens with one attached hydrogen (secondary N) is 1. The van der Waals surface area contributed by atoms with Crippen LogP contribution in [0.1, 0.15) is 61.2 Å². The molecule has 1 aliphatic rings. The van der Waals surface area contributed by atoms with Gasteiger partial charge in [-0.2, -0.15) is 26.3 Å². The summed E-state index contributed by atoms with van der Waals surface area (Å²) in [4.78, 5) is 18.6. The van der Waals surface area contributed by atoms with Crippen molar-refractivity contribution in [3.8, 4) is 5.88 Å². The van der Waals surface area contributed by atoms with E-state index in [1.807, 2.05) is 0 Å². The molecular weight excluding hydrogens is 536 g/mol. The summed E-state index contributed by atoms with van der Waals surface area (Å²) in [5, 5.41) is 15.1. The first-order chi connectivity index (χ1) is 18.2. The maximum absolute atomic E-state index is 13.5. The van der Waals surface area contributed by atoms with Gasteiger partial charge in [-0.25, -0.2) is 9.78 Å². The highest BCUT2D eigenvalue weighted by Crippen LogP contribution is 2.41. The SMILES string of the molecule is CCOC(=O)N1c2ccc(OC)nc2[C@@H](NC(C(N)=NO)c2cc(C(F)(F)F)cc(C(F)(F)F)c2)C[C@H]1CC. The van der Waals surface area contributed by atoms with Crippen molar-refractivity contribution in [2.24, 2.45) is 10.9 Å². The number of alkyl halides is 6. The summed E-state index contributed by atoms with van der Waals surface area (Å²) >= 11 is 0. The number of fused-ring (bicyclic) bond motifs is 1. The normalized spacial score (nSPS) is 18.9. The summed E-state index contributed by atoms with van der Waals surface area (Å²) in [5.74, 6) is -0.550. The molecule has 214 valence electrons. The zero-order valence-corrected chi connectivity index (χ0v) is 21.1. The Labute approximate surface area is 219 Å². The van der Waals surface area contributed by atoms with Crippen LogP contribution in [0.2, 0.25) is 0 Å². The number of nitrogens with zero attached hydrogens (tertiary/aromatic N) is 3. The quantitative estimate of drug-likeness (QED) is 0.136. The number of benzene rings is 1. The summed E-state index contributed by atoms with van der Waals surface area (Å²) < 4.78 is 91.5. The molecule has 15 heteroatoms. The average molecular weight is 563 g/mol. The lowest BCUT2D eigenvalue weighted by Crippen LogP contribution is -2.48. The molecule has 0 saturated carbocycles. The van der Waals surface area contributed by atoms with Crippen LogP contribution in [0, 0.1) is 0 Å². The fourth-order valence-electron chi connectivity index (χ4n) is 4.40. The minimum Gasteiger partial charge on any atom is -0.481 e. The molecule has 4 N–H and O–H groups in total. The number of halogens is 6. The molecule has 0 saturated heterocycles. The van der Waals surface area contributed by atoms with Gasteiger partial charge in [0.05, 0.1) is 48.3 Å². The molecule has 3 atom stereocenters. The lowest BCUT2D eigenvalue weighted by atomic mass is 9.91. The van der Waals surface area contributed by atoms with Crippen molar-refractivity contribution >= 4 is 17.6 Å². The second-order valence-corrected chi connectivity index (χ2v) is 8.64. The van der Waals surface area contributed by atoms with E-state index >= 15 is 0 Å². The van der Waals surface area contributed by atoms with Gasteiger partial charge in [-0.15, -0.1) is 0 Å². The van der Waals surface area contributed by atoms with Crippen LogP contribution < -0.4 is 20.7 Å². The smallest absolute Gasteiger partial charge is 0.416 e. The van der Waals surface area contributed by atoms with E-state index in [2.05, 4.69) is 15.5 Å². The first-order valence-corrected chi connectivity index (χ1v) is 11.8. The molecule has 1 aromatic heterocycles. The summed E-state index contributed by atoms with van der Waals surface area (Å²) in [6.45, 7) is 3.51. The number of methoxy groups -OCH3 is 1. The molecular formula is C24H27F6N5O4. The highest BCUT2D eigenvalue weighted by molar-refractivity contribution is 5.90. The number of amidine groups is 1. The van der Waals surface area contributed by atoms with E-state index in [0.717, 1.165) is 0 Å². The van der Waals surface area contributed by atoms with Crippen LogP contribution >= 0.6 is 0 Å². The maximum atomic E-state index is 13.5. The molecule has 1 aliphatic heterocycles. The van der Waals surface area contributed by atoms with Crippen LogP contribution in [-0.4, -0.2) is 41.9 Å². The fourth-order valence-corrected chi connectivity index (χ4v) is 4.40. The third-order valence-corrected chi connectivity index (χ3v) is 6.21. The molecule has 2 aromatic rings. The highest BCUT2D eigenvalue weighted by atomic mass is 19.4. The lowest BCUT2D eigenvalue weighted by Gasteiger charge is -2.40. The van der Waals surface area contributed by atoms with E-state index in [-0.39, 0.29) is 30.7 Å². The minimum atomic E-state index is -5.11. The Kier molecular flexibility index (Phi) is 8.83. The Morgan fingerprint density at radius 1 is 1.18 bits per heavy atom. The second kappa shape index (κ2) is 11.6. The van der Waals surface area contributed by atoms with Crippen LogP contribution in [0.3, 0.4) is 0 Å². The third kappa shape index (κ3) is 6.46. The van der Waals surface area contributed by atoms with Crippen molar-refractivity contribution in [2.75, 3.05) is 18.6 Å².